The summed E-state index contributed by atoms with van der Waals surface area (Å²) in [6.07, 6.45) is -0.438. The van der Waals surface area contributed by atoms with Crippen molar-refractivity contribution in [3.05, 3.63) is 71.9 Å². The smallest absolute Gasteiger partial charge is 0.243 e. The van der Waals surface area contributed by atoms with Gasteiger partial charge in [-0.2, -0.15) is 0 Å². The molecular formula is C50H75N17O10. The molecule has 420 valence electrons. The zero-order valence-corrected chi connectivity index (χ0v) is 43.4. The summed E-state index contributed by atoms with van der Waals surface area (Å²) >= 11 is 0. The fourth-order valence-corrected chi connectivity index (χ4v) is 8.40. The largest absolute Gasteiger partial charge is 0.377 e. The number of aliphatic hydroxyl groups is 1. The van der Waals surface area contributed by atoms with Crippen molar-refractivity contribution in [2.45, 2.75) is 133 Å². The van der Waals surface area contributed by atoms with E-state index in [0.717, 1.165) is 10.9 Å². The number of benzene rings is 2. The molecular weight excluding hydrogens is 999 g/mol. The molecule has 0 bridgehead atoms. The number of aliphatic hydroxyl groups excluding tert-OH is 1. The van der Waals surface area contributed by atoms with Crippen LogP contribution in [0.15, 0.2) is 70.8 Å². The Morgan fingerprint density at radius 3 is 1.94 bits per heavy atom. The molecule has 2 heterocycles. The molecule has 0 saturated carbocycles. The van der Waals surface area contributed by atoms with E-state index in [1.54, 1.807) is 36.5 Å². The van der Waals surface area contributed by atoms with E-state index in [-0.39, 0.29) is 109 Å². The van der Waals surface area contributed by atoms with Crippen LogP contribution in [0.25, 0.3) is 10.9 Å². The van der Waals surface area contributed by atoms with Gasteiger partial charge in [0.25, 0.3) is 0 Å². The van der Waals surface area contributed by atoms with E-state index >= 15 is 0 Å². The number of carbonyl (C=O) groups is 9. The van der Waals surface area contributed by atoms with Gasteiger partial charge in [-0.3, -0.25) is 53.1 Å². The molecule has 0 aliphatic carbocycles. The normalized spacial score (nSPS) is 21.2. The lowest BCUT2D eigenvalue weighted by Crippen LogP contribution is -2.61. The third kappa shape index (κ3) is 21.8. The zero-order valence-electron chi connectivity index (χ0n) is 43.4. The van der Waals surface area contributed by atoms with Gasteiger partial charge >= 0.3 is 0 Å². The highest BCUT2D eigenvalue weighted by Gasteiger charge is 2.35. The Morgan fingerprint density at radius 1 is 0.701 bits per heavy atom. The second-order valence-electron chi connectivity index (χ2n) is 18.6. The summed E-state index contributed by atoms with van der Waals surface area (Å²) in [5, 5.41) is 35.5. The molecule has 0 spiro atoms. The Balaban J connectivity index is 1.79. The maximum Gasteiger partial charge on any atom is 0.243 e. The van der Waals surface area contributed by atoms with E-state index < -0.39 is 102 Å². The molecule has 8 atom stereocenters. The molecule has 3 aromatic rings. The maximum absolute atomic E-state index is 14.7. The summed E-state index contributed by atoms with van der Waals surface area (Å²) in [4.78, 5) is 135. The molecule has 1 aliphatic heterocycles. The number of nitrogens with two attached hydrogens (primary N) is 5. The topological polar surface area (TPSA) is 453 Å². The third-order valence-electron chi connectivity index (χ3n) is 12.4. The van der Waals surface area contributed by atoms with Gasteiger partial charge in [0.05, 0.1) is 6.04 Å². The van der Waals surface area contributed by atoms with Gasteiger partial charge < -0.3 is 86.6 Å². The lowest BCUT2D eigenvalue weighted by molar-refractivity contribution is -0.135. The van der Waals surface area contributed by atoms with Crippen molar-refractivity contribution in [2.24, 2.45) is 38.7 Å². The van der Waals surface area contributed by atoms with Crippen LogP contribution >= 0.6 is 0 Å². The first-order chi connectivity index (χ1) is 36.7. The van der Waals surface area contributed by atoms with Crippen LogP contribution in [-0.2, 0) is 56.0 Å². The number of nitrogens with zero attached hydrogens (tertiary/aromatic N) is 2. The van der Waals surface area contributed by atoms with Crippen molar-refractivity contribution < 1.29 is 48.3 Å². The summed E-state index contributed by atoms with van der Waals surface area (Å²) < 4.78 is 0. The van der Waals surface area contributed by atoms with Gasteiger partial charge in [0, 0.05) is 76.4 Å². The van der Waals surface area contributed by atoms with Crippen LogP contribution in [0.2, 0.25) is 0 Å². The van der Waals surface area contributed by atoms with Crippen LogP contribution in [0.1, 0.15) is 82.8 Å². The van der Waals surface area contributed by atoms with Crippen LogP contribution < -0.4 is 76.5 Å². The van der Waals surface area contributed by atoms with Crippen LogP contribution in [0.3, 0.4) is 0 Å². The lowest BCUT2D eigenvalue weighted by atomic mass is 10.0. The average Bonchev–Trinajstić information content (AvgIpc) is 3.79. The molecule has 9 amide bonds. The maximum atomic E-state index is 14.7. The number of fused-ring (bicyclic) bond motifs is 1. The van der Waals surface area contributed by atoms with Gasteiger partial charge in [0.2, 0.25) is 53.2 Å². The highest BCUT2D eigenvalue weighted by Crippen LogP contribution is 2.20. The average molecular weight is 1070 g/mol. The molecule has 27 nitrogen and oxygen atoms in total. The molecule has 1 aliphatic rings. The van der Waals surface area contributed by atoms with Crippen LogP contribution in [0, 0.1) is 0 Å². The lowest BCUT2D eigenvalue weighted by Gasteiger charge is -2.28. The van der Waals surface area contributed by atoms with Crippen LogP contribution in [0.5, 0.6) is 0 Å². The Kier molecular flexibility index (Phi) is 25.1. The monoisotopic (exact) mass is 1070 g/mol. The number of aromatic nitrogens is 1. The molecule has 2 aromatic carbocycles. The number of amides is 9. The number of hydrogen-bond acceptors (Lipinski definition) is 13. The fourth-order valence-electron chi connectivity index (χ4n) is 8.40. The second kappa shape index (κ2) is 31.5. The molecule has 4 rings (SSSR count). The predicted molar refractivity (Wildman–Crippen MR) is 286 cm³/mol. The summed E-state index contributed by atoms with van der Waals surface area (Å²) in [7, 11) is 0. The summed E-state index contributed by atoms with van der Waals surface area (Å²) in [6, 6.07) is 6.49. The molecule has 77 heavy (non-hydrogen) atoms. The number of carbonyl (C=O) groups excluding carboxylic acids is 9. The van der Waals surface area contributed by atoms with Crippen molar-refractivity contribution >= 4 is 76.0 Å². The predicted octanol–water partition coefficient (Wildman–Crippen LogP) is -4.03. The van der Waals surface area contributed by atoms with Gasteiger partial charge in [0.1, 0.15) is 42.5 Å². The first-order valence-electron chi connectivity index (χ1n) is 25.4. The van der Waals surface area contributed by atoms with E-state index in [4.69, 9.17) is 28.7 Å². The van der Waals surface area contributed by atoms with Crippen molar-refractivity contribution in [3.8, 4) is 0 Å². The molecule has 21 N–H and O–H groups in total. The number of hydrogen-bond donors (Lipinski definition) is 16. The van der Waals surface area contributed by atoms with Gasteiger partial charge in [-0.15, -0.1) is 0 Å². The standard InChI is InChI=1S/C50H75N17O10/c1-28(68)56-24-20-38-46(75)66-39(25-30-11-4-3-5-12-30)47(76)63-36(17-10-23-59-50(54)55)44(73)67-40(26-31-27-60-33-14-7-6-13-32(31)33)48(77)62-34(42(51)71)15-8-21-57-41(70)19-18-37(45(74)65-38)64-43(72)35(61-29(2)69)16-9-22-58-49(52)53/h3-7,11-14,27,34-40,42,60,71H,8-10,15-26,51H2,1-2H3,(H,56,68)(H,57,70)(H,61,69)(H,62,77)(H,63,76)(H,64,72)(H,65,74)(H,66,75)(H,67,73)(H4,52,53,58)(H4,54,55,59)/t34-,35-,36-,37-,38-,39+,40-,42?/m0/s1. The van der Waals surface area contributed by atoms with Crippen molar-refractivity contribution in [1.82, 2.24) is 52.8 Å². The number of guanidine groups is 2. The van der Waals surface area contributed by atoms with Gasteiger partial charge in [0.15, 0.2) is 11.9 Å². The molecule has 1 saturated heterocycles. The quantitative estimate of drug-likeness (QED) is 0.0235. The third-order valence-corrected chi connectivity index (χ3v) is 12.4. The Labute approximate surface area is 445 Å². The Bertz CT molecular complexity index is 2550. The highest BCUT2D eigenvalue weighted by molar-refractivity contribution is 5.98. The molecule has 27 heteroatoms. The summed E-state index contributed by atoms with van der Waals surface area (Å²) in [5.41, 5.74) is 30.0. The number of aliphatic imine (C=N–C) groups is 2. The molecule has 0 radical (unpaired) electrons. The van der Waals surface area contributed by atoms with Gasteiger partial charge in [-0.05, 0) is 68.6 Å². The summed E-state index contributed by atoms with van der Waals surface area (Å²) in [6.45, 7) is 2.47. The highest BCUT2D eigenvalue weighted by atomic mass is 16.3. The van der Waals surface area contributed by atoms with Crippen molar-refractivity contribution in [1.29, 1.82) is 0 Å². The van der Waals surface area contributed by atoms with Gasteiger partial charge in [-0.25, -0.2) is 0 Å². The number of nitrogens with one attached hydrogen (secondary N) is 10. The van der Waals surface area contributed by atoms with E-state index in [9.17, 15) is 48.3 Å². The Morgan fingerprint density at radius 2 is 1.29 bits per heavy atom. The zero-order chi connectivity index (χ0) is 56.4. The van der Waals surface area contributed by atoms with Crippen LogP contribution in [-0.4, -0.2) is 150 Å². The minimum absolute atomic E-state index is 0.00776. The number of H-pyrrole nitrogens is 1. The first kappa shape index (κ1) is 61.2. The minimum Gasteiger partial charge on any atom is -0.377 e. The molecule has 1 unspecified atom stereocenters. The van der Waals surface area contributed by atoms with E-state index in [2.05, 4.69) is 62.8 Å². The van der Waals surface area contributed by atoms with E-state index in [0.29, 0.717) is 11.1 Å². The first-order valence-corrected chi connectivity index (χ1v) is 25.4. The second-order valence-corrected chi connectivity index (χ2v) is 18.6. The molecule has 1 aromatic heterocycles. The van der Waals surface area contributed by atoms with Crippen molar-refractivity contribution in [2.75, 3.05) is 26.2 Å². The van der Waals surface area contributed by atoms with E-state index in [1.807, 2.05) is 24.3 Å². The Hall–Kier alpha value is -8.33. The minimum atomic E-state index is -1.59. The number of para-hydroxylation sites is 1. The fraction of sp³-hybridized carbons (Fsp3) is 0.500. The summed E-state index contributed by atoms with van der Waals surface area (Å²) in [5.74, 6) is -7.01. The number of rotatable bonds is 19. The van der Waals surface area contributed by atoms with Crippen LogP contribution in [0.4, 0.5) is 0 Å². The molecule has 1 fully saturated rings. The van der Waals surface area contributed by atoms with Gasteiger partial charge in [-0.1, -0.05) is 48.5 Å². The number of aromatic amines is 1. The van der Waals surface area contributed by atoms with Crippen molar-refractivity contribution in [3.63, 3.8) is 0 Å². The van der Waals surface area contributed by atoms with E-state index in [1.165, 1.54) is 13.8 Å². The SMILES string of the molecule is CC(=O)NCC[C@@H]1NC(=O)[C@@H](NC(=O)[C@H](CCCN=C(N)N)NC(C)=O)CCC(=O)NCCC[C@@H](C(N)O)NC(=O)[C@H](Cc2c[nH]c3ccccc23)NC(=O)[C@H](CCCN=C(N)N)NC(=O)[C@@H](Cc2ccccc2)NC1=O.